The Morgan fingerprint density at radius 2 is 1.92 bits per heavy atom. The Morgan fingerprint density at radius 3 is 2.58 bits per heavy atom. The smallest absolute Gasteiger partial charge is 0.230 e. The van der Waals surface area contributed by atoms with E-state index >= 15 is 0 Å². The van der Waals surface area contributed by atoms with Gasteiger partial charge in [0.15, 0.2) is 5.13 Å². The SMILES string of the molecule is CCc1ccc(N(C(C)=O)c2nc(COc3ccccc3Br)cs2)cc1. The van der Waals surface area contributed by atoms with Gasteiger partial charge in [0.2, 0.25) is 5.91 Å². The number of benzene rings is 2. The number of halogens is 1. The molecule has 134 valence electrons. The van der Waals surface area contributed by atoms with E-state index in [-0.39, 0.29) is 5.91 Å². The molecule has 0 fully saturated rings. The molecule has 3 rings (SSSR count). The molecule has 2 aromatic carbocycles. The van der Waals surface area contributed by atoms with E-state index in [1.54, 1.807) is 11.8 Å². The van der Waals surface area contributed by atoms with Crippen LogP contribution in [-0.4, -0.2) is 10.9 Å². The number of anilines is 2. The maximum atomic E-state index is 12.2. The van der Waals surface area contributed by atoms with Gasteiger partial charge in [-0.3, -0.25) is 9.69 Å². The van der Waals surface area contributed by atoms with Crippen molar-refractivity contribution in [2.45, 2.75) is 26.9 Å². The number of nitrogens with zero attached hydrogens (tertiary/aromatic N) is 2. The van der Waals surface area contributed by atoms with Crippen molar-refractivity contribution in [1.29, 1.82) is 0 Å². The Bertz CT molecular complexity index is 893. The lowest BCUT2D eigenvalue weighted by Gasteiger charge is -2.18. The molecule has 1 heterocycles. The monoisotopic (exact) mass is 430 g/mol. The number of rotatable bonds is 6. The van der Waals surface area contributed by atoms with Gasteiger partial charge < -0.3 is 4.74 Å². The first-order chi connectivity index (χ1) is 12.6. The first-order valence-corrected chi connectivity index (χ1v) is 9.97. The Balaban J connectivity index is 1.77. The summed E-state index contributed by atoms with van der Waals surface area (Å²) in [5.74, 6) is 0.697. The lowest BCUT2D eigenvalue weighted by Crippen LogP contribution is -2.22. The van der Waals surface area contributed by atoms with Crippen LogP contribution in [-0.2, 0) is 17.8 Å². The minimum Gasteiger partial charge on any atom is -0.486 e. The minimum absolute atomic E-state index is 0.0677. The van der Waals surface area contributed by atoms with Gasteiger partial charge in [-0.05, 0) is 52.2 Å². The third-order valence-corrected chi connectivity index (χ3v) is 5.39. The summed E-state index contributed by atoms with van der Waals surface area (Å²) in [6.45, 7) is 4.00. The molecule has 0 bridgehead atoms. The van der Waals surface area contributed by atoms with Gasteiger partial charge in [0.05, 0.1) is 15.9 Å². The van der Waals surface area contributed by atoms with Gasteiger partial charge in [-0.25, -0.2) is 4.98 Å². The number of aryl methyl sites for hydroxylation is 1. The summed E-state index contributed by atoms with van der Waals surface area (Å²) in [5, 5.41) is 2.56. The lowest BCUT2D eigenvalue weighted by molar-refractivity contribution is -0.115. The molecule has 26 heavy (non-hydrogen) atoms. The van der Waals surface area contributed by atoms with Crippen LogP contribution in [0.25, 0.3) is 0 Å². The van der Waals surface area contributed by atoms with Gasteiger partial charge in [0.25, 0.3) is 0 Å². The zero-order chi connectivity index (χ0) is 18.5. The topological polar surface area (TPSA) is 42.4 Å². The predicted molar refractivity (Wildman–Crippen MR) is 109 cm³/mol. The molecule has 6 heteroatoms. The standard InChI is InChI=1S/C20H19BrN2O2S/c1-3-15-8-10-17(11-9-15)23(14(2)24)20-22-16(13-26-20)12-25-19-7-5-4-6-18(19)21/h4-11,13H,3,12H2,1-2H3. The van der Waals surface area contributed by atoms with Crippen LogP contribution >= 0.6 is 27.3 Å². The van der Waals surface area contributed by atoms with Crippen molar-refractivity contribution in [1.82, 2.24) is 4.98 Å². The molecule has 0 aliphatic carbocycles. The highest BCUT2D eigenvalue weighted by atomic mass is 79.9. The molecule has 3 aromatic rings. The van der Waals surface area contributed by atoms with Crippen molar-refractivity contribution in [2.24, 2.45) is 0 Å². The summed E-state index contributed by atoms with van der Waals surface area (Å²) in [4.78, 5) is 18.4. The Labute approximate surface area is 165 Å². The fourth-order valence-corrected chi connectivity index (χ4v) is 3.76. The molecule has 0 atom stereocenters. The highest BCUT2D eigenvalue weighted by Gasteiger charge is 2.18. The van der Waals surface area contributed by atoms with Crippen LogP contribution in [0.3, 0.4) is 0 Å². The molecule has 0 N–H and O–H groups in total. The van der Waals surface area contributed by atoms with Crippen molar-refractivity contribution >= 4 is 44.0 Å². The number of carbonyl (C=O) groups is 1. The average Bonchev–Trinajstić information content (AvgIpc) is 3.10. The Hall–Kier alpha value is -2.18. The number of carbonyl (C=O) groups excluding carboxylic acids is 1. The van der Waals surface area contributed by atoms with E-state index in [9.17, 15) is 4.79 Å². The molecule has 0 saturated heterocycles. The molecule has 0 spiro atoms. The van der Waals surface area contributed by atoms with Gasteiger partial charge in [-0.2, -0.15) is 0 Å². The van der Waals surface area contributed by atoms with Crippen molar-refractivity contribution in [3.05, 3.63) is 69.6 Å². The Kier molecular flexibility index (Phi) is 6.06. The van der Waals surface area contributed by atoms with Crippen LogP contribution in [0.4, 0.5) is 10.8 Å². The molecule has 0 radical (unpaired) electrons. The summed E-state index contributed by atoms with van der Waals surface area (Å²) in [6.07, 6.45) is 0.966. The molecular weight excluding hydrogens is 412 g/mol. The van der Waals surface area contributed by atoms with E-state index in [0.29, 0.717) is 11.7 Å². The molecule has 4 nitrogen and oxygen atoms in total. The molecule has 0 unspecified atom stereocenters. The first kappa shape index (κ1) is 18.6. The van der Waals surface area contributed by atoms with E-state index in [0.717, 1.165) is 28.0 Å². The van der Waals surface area contributed by atoms with E-state index in [4.69, 9.17) is 4.74 Å². The molecule has 0 aliphatic rings. The number of aromatic nitrogens is 1. The van der Waals surface area contributed by atoms with Gasteiger partial charge in [0.1, 0.15) is 12.4 Å². The van der Waals surface area contributed by atoms with Crippen molar-refractivity contribution < 1.29 is 9.53 Å². The largest absolute Gasteiger partial charge is 0.486 e. The van der Waals surface area contributed by atoms with Crippen LogP contribution in [0.15, 0.2) is 58.4 Å². The zero-order valence-electron chi connectivity index (χ0n) is 14.6. The fraction of sp³-hybridized carbons (Fsp3) is 0.200. The van der Waals surface area contributed by atoms with Gasteiger partial charge >= 0.3 is 0 Å². The number of hydrogen-bond donors (Lipinski definition) is 0. The van der Waals surface area contributed by atoms with Crippen LogP contribution in [0.2, 0.25) is 0 Å². The molecule has 1 aromatic heterocycles. The third-order valence-electron chi connectivity index (χ3n) is 3.86. The van der Waals surface area contributed by atoms with Gasteiger partial charge in [-0.1, -0.05) is 31.2 Å². The second-order valence-electron chi connectivity index (χ2n) is 5.71. The number of hydrogen-bond acceptors (Lipinski definition) is 4. The second-order valence-corrected chi connectivity index (χ2v) is 7.41. The highest BCUT2D eigenvalue weighted by Crippen LogP contribution is 2.30. The van der Waals surface area contributed by atoms with Crippen LogP contribution in [0, 0.1) is 0 Å². The van der Waals surface area contributed by atoms with E-state index in [2.05, 4.69) is 27.8 Å². The number of amides is 1. The van der Waals surface area contributed by atoms with Crippen molar-refractivity contribution in [2.75, 3.05) is 4.90 Å². The summed E-state index contributed by atoms with van der Waals surface area (Å²) in [5.41, 5.74) is 2.85. The minimum atomic E-state index is -0.0677. The summed E-state index contributed by atoms with van der Waals surface area (Å²) in [6, 6.07) is 15.7. The van der Waals surface area contributed by atoms with Crippen LogP contribution in [0.1, 0.15) is 25.1 Å². The fourth-order valence-electron chi connectivity index (χ4n) is 2.49. The van der Waals surface area contributed by atoms with Gasteiger partial charge in [-0.15, -0.1) is 11.3 Å². The predicted octanol–water partition coefficient (Wildman–Crippen LogP) is 5.73. The lowest BCUT2D eigenvalue weighted by atomic mass is 10.1. The van der Waals surface area contributed by atoms with E-state index in [1.807, 2.05) is 53.9 Å². The maximum absolute atomic E-state index is 12.2. The highest BCUT2D eigenvalue weighted by molar-refractivity contribution is 9.10. The molecule has 0 saturated carbocycles. The van der Waals surface area contributed by atoms with Crippen LogP contribution < -0.4 is 9.64 Å². The molecular formula is C20H19BrN2O2S. The molecule has 1 amide bonds. The average molecular weight is 431 g/mol. The van der Waals surface area contributed by atoms with Gasteiger partial charge in [0, 0.05) is 12.3 Å². The number of thiazole rings is 1. The zero-order valence-corrected chi connectivity index (χ0v) is 17.0. The quantitative estimate of drug-likeness (QED) is 0.501. The molecule has 0 aliphatic heterocycles. The number of para-hydroxylation sites is 1. The first-order valence-electron chi connectivity index (χ1n) is 8.30. The normalized spacial score (nSPS) is 10.6. The third kappa shape index (κ3) is 4.31. The second kappa shape index (κ2) is 8.47. The van der Waals surface area contributed by atoms with E-state index < -0.39 is 0 Å². The van der Waals surface area contributed by atoms with E-state index in [1.165, 1.54) is 16.9 Å². The summed E-state index contributed by atoms with van der Waals surface area (Å²) in [7, 11) is 0. The summed E-state index contributed by atoms with van der Waals surface area (Å²) < 4.78 is 6.71. The van der Waals surface area contributed by atoms with Crippen LogP contribution in [0.5, 0.6) is 5.75 Å². The maximum Gasteiger partial charge on any atom is 0.230 e. The number of ether oxygens (including phenoxy) is 1. The van der Waals surface area contributed by atoms with Crippen molar-refractivity contribution in [3.63, 3.8) is 0 Å². The summed E-state index contributed by atoms with van der Waals surface area (Å²) >= 11 is 4.90. The van der Waals surface area contributed by atoms with Crippen molar-refractivity contribution in [3.8, 4) is 5.75 Å². The Morgan fingerprint density at radius 1 is 1.19 bits per heavy atom.